The van der Waals surface area contributed by atoms with Gasteiger partial charge in [0.15, 0.2) is 0 Å². The van der Waals surface area contributed by atoms with E-state index >= 15 is 0 Å². The van der Waals surface area contributed by atoms with Crippen molar-refractivity contribution in [2.75, 3.05) is 25.6 Å². The molecule has 0 radical (unpaired) electrons. The van der Waals surface area contributed by atoms with Crippen LogP contribution in [0.2, 0.25) is 0 Å². The molecule has 1 rings (SSSR count). The van der Waals surface area contributed by atoms with Gasteiger partial charge in [0.2, 0.25) is 5.91 Å². The van der Waals surface area contributed by atoms with Crippen molar-refractivity contribution in [1.29, 1.82) is 0 Å². The van der Waals surface area contributed by atoms with Crippen molar-refractivity contribution in [3.8, 4) is 0 Å². The molecule has 0 aromatic heterocycles. The third-order valence-corrected chi connectivity index (χ3v) is 2.47. The lowest BCUT2D eigenvalue weighted by Gasteiger charge is -2.11. The highest BCUT2D eigenvalue weighted by Gasteiger charge is 2.13. The third kappa shape index (κ3) is 4.36. The van der Waals surface area contributed by atoms with Gasteiger partial charge >= 0.3 is 11.9 Å². The monoisotopic (exact) mass is 281 g/mol. The van der Waals surface area contributed by atoms with E-state index in [2.05, 4.69) is 14.8 Å². The Morgan fingerprint density at radius 3 is 2.55 bits per heavy atom. The fourth-order valence-corrected chi connectivity index (χ4v) is 1.52. The number of carbonyl (C=O) groups is 3. The highest BCUT2D eigenvalue weighted by Crippen LogP contribution is 2.19. The lowest BCUT2D eigenvalue weighted by atomic mass is 10.1. The van der Waals surface area contributed by atoms with Crippen LogP contribution in [0, 0.1) is 6.92 Å². The number of benzene rings is 1. The van der Waals surface area contributed by atoms with Crippen LogP contribution >= 0.6 is 0 Å². The Morgan fingerprint density at radius 1 is 1.25 bits per heavy atom. The molecule has 1 aromatic carbocycles. The number of hydrogen-bond donors (Lipinski definition) is 2. The fraction of sp³-hybridized carbons (Fsp3) is 0.308. The predicted octanol–water partition coefficient (Wildman–Crippen LogP) is 0.821. The Balaban J connectivity index is 2.70. The van der Waals surface area contributed by atoms with Gasteiger partial charge in [-0.2, -0.15) is 0 Å². The average molecular weight is 281 g/mol. The summed E-state index contributed by atoms with van der Waals surface area (Å²) in [5.41, 5.74) is 1.35. The molecule has 20 heavy (non-hydrogen) atoms. The summed E-state index contributed by atoms with van der Waals surface area (Å²) in [5.74, 6) is -2.15. The second kappa shape index (κ2) is 7.25. The molecule has 0 saturated heterocycles. The van der Waals surface area contributed by atoms with E-state index in [0.29, 0.717) is 16.8 Å². The first-order valence-electron chi connectivity index (χ1n) is 5.73. The van der Waals surface area contributed by atoms with Gasteiger partial charge in [0.1, 0.15) is 13.2 Å². The average Bonchev–Trinajstić information content (AvgIpc) is 2.40. The van der Waals surface area contributed by atoms with Crippen molar-refractivity contribution in [2.24, 2.45) is 0 Å². The van der Waals surface area contributed by atoms with E-state index in [1.165, 1.54) is 7.11 Å². The smallest absolute Gasteiger partial charge is 0.338 e. The summed E-state index contributed by atoms with van der Waals surface area (Å²) in [4.78, 5) is 33.3. The first kappa shape index (κ1) is 15.6. The molecule has 1 amide bonds. The fourth-order valence-electron chi connectivity index (χ4n) is 1.52. The predicted molar refractivity (Wildman–Crippen MR) is 69.6 cm³/mol. The van der Waals surface area contributed by atoms with Gasteiger partial charge in [-0.15, -0.1) is 0 Å². The second-order valence-electron chi connectivity index (χ2n) is 3.90. The number of carboxylic acids is 1. The zero-order valence-electron chi connectivity index (χ0n) is 11.1. The molecule has 0 aliphatic heterocycles. The normalized spacial score (nSPS) is 9.90. The van der Waals surface area contributed by atoms with Crippen molar-refractivity contribution in [3.05, 3.63) is 29.3 Å². The first-order chi connectivity index (χ1) is 9.45. The molecular weight excluding hydrogens is 266 g/mol. The topological polar surface area (TPSA) is 102 Å². The summed E-state index contributed by atoms with van der Waals surface area (Å²) in [6.45, 7) is 0.739. The summed E-state index contributed by atoms with van der Waals surface area (Å²) in [5, 5.41) is 10.9. The quantitative estimate of drug-likeness (QED) is 0.748. The van der Waals surface area contributed by atoms with Crippen LogP contribution in [0.15, 0.2) is 18.2 Å². The summed E-state index contributed by atoms with van der Waals surface area (Å²) in [6, 6.07) is 4.81. The Morgan fingerprint density at radius 2 is 1.95 bits per heavy atom. The van der Waals surface area contributed by atoms with E-state index < -0.39 is 24.5 Å². The summed E-state index contributed by atoms with van der Waals surface area (Å²) < 4.78 is 9.29. The molecule has 0 spiro atoms. The van der Waals surface area contributed by atoms with Crippen LogP contribution in [0.25, 0.3) is 0 Å². The largest absolute Gasteiger partial charge is 0.480 e. The van der Waals surface area contributed by atoms with E-state index in [4.69, 9.17) is 5.11 Å². The molecule has 7 nitrogen and oxygen atoms in total. The zero-order chi connectivity index (χ0) is 15.1. The third-order valence-electron chi connectivity index (χ3n) is 2.47. The number of methoxy groups -OCH3 is 1. The number of carboxylic acid groups (broad SMARTS) is 1. The van der Waals surface area contributed by atoms with E-state index in [1.54, 1.807) is 25.1 Å². The number of aliphatic carboxylic acids is 1. The molecule has 0 aliphatic carbocycles. The Kier molecular flexibility index (Phi) is 5.67. The molecule has 108 valence electrons. The van der Waals surface area contributed by atoms with Crippen LogP contribution in [-0.2, 0) is 19.1 Å². The van der Waals surface area contributed by atoms with Crippen LogP contribution in [0.5, 0.6) is 0 Å². The lowest BCUT2D eigenvalue weighted by molar-refractivity contribution is -0.143. The van der Waals surface area contributed by atoms with Crippen molar-refractivity contribution in [3.63, 3.8) is 0 Å². The highest BCUT2D eigenvalue weighted by molar-refractivity contribution is 5.97. The van der Waals surface area contributed by atoms with Crippen LogP contribution < -0.4 is 5.32 Å². The number of amides is 1. The minimum Gasteiger partial charge on any atom is -0.480 e. The highest BCUT2D eigenvalue weighted by atomic mass is 16.5. The number of carbonyl (C=O) groups excluding carboxylic acids is 2. The van der Waals surface area contributed by atoms with E-state index in [9.17, 15) is 14.4 Å². The van der Waals surface area contributed by atoms with Crippen LogP contribution in [0.4, 0.5) is 5.69 Å². The maximum Gasteiger partial charge on any atom is 0.338 e. The van der Waals surface area contributed by atoms with Gasteiger partial charge in [-0.3, -0.25) is 4.79 Å². The minimum absolute atomic E-state index is 0.344. The Hall–Kier alpha value is -2.41. The molecule has 0 saturated carbocycles. The van der Waals surface area contributed by atoms with Crippen LogP contribution in [0.1, 0.15) is 15.9 Å². The molecule has 1 aromatic rings. The van der Waals surface area contributed by atoms with E-state index in [0.717, 1.165) is 0 Å². The maximum atomic E-state index is 11.6. The number of nitrogens with one attached hydrogen (secondary N) is 1. The van der Waals surface area contributed by atoms with Crippen molar-refractivity contribution in [2.45, 2.75) is 6.92 Å². The second-order valence-corrected chi connectivity index (χ2v) is 3.90. The summed E-state index contributed by atoms with van der Waals surface area (Å²) >= 11 is 0. The SMILES string of the molecule is COC(=O)c1cccc(NC(=O)COCC(=O)O)c1C. The van der Waals surface area contributed by atoms with Gasteiger partial charge < -0.3 is 19.9 Å². The molecule has 0 heterocycles. The molecule has 2 N–H and O–H groups in total. The van der Waals surface area contributed by atoms with Gasteiger partial charge in [0.25, 0.3) is 0 Å². The van der Waals surface area contributed by atoms with Crippen molar-refractivity contribution < 1.29 is 29.0 Å². The summed E-state index contributed by atoms with van der Waals surface area (Å²) in [7, 11) is 1.27. The molecule has 0 atom stereocenters. The first-order valence-corrected chi connectivity index (χ1v) is 5.73. The number of rotatable bonds is 6. The molecular formula is C13H15NO6. The van der Waals surface area contributed by atoms with Crippen molar-refractivity contribution in [1.82, 2.24) is 0 Å². The van der Waals surface area contributed by atoms with Gasteiger partial charge in [-0.1, -0.05) is 6.07 Å². The molecule has 0 unspecified atom stereocenters. The van der Waals surface area contributed by atoms with E-state index in [1.807, 2.05) is 0 Å². The molecule has 0 bridgehead atoms. The standard InChI is InChI=1S/C13H15NO6/c1-8-9(13(18)19-2)4-3-5-10(8)14-11(15)6-20-7-12(16)17/h3-5H,6-7H2,1-2H3,(H,14,15)(H,16,17). The summed E-state index contributed by atoms with van der Waals surface area (Å²) in [6.07, 6.45) is 0. The van der Waals surface area contributed by atoms with E-state index in [-0.39, 0.29) is 6.61 Å². The number of ether oxygens (including phenoxy) is 2. The number of esters is 1. The van der Waals surface area contributed by atoms with Gasteiger partial charge in [-0.25, -0.2) is 9.59 Å². The molecule has 0 fully saturated rings. The minimum atomic E-state index is -1.15. The van der Waals surface area contributed by atoms with Crippen molar-refractivity contribution >= 4 is 23.5 Å². The number of anilines is 1. The van der Waals surface area contributed by atoms with Crippen LogP contribution in [-0.4, -0.2) is 43.3 Å². The lowest BCUT2D eigenvalue weighted by Crippen LogP contribution is -2.21. The van der Waals surface area contributed by atoms with Crippen LogP contribution in [0.3, 0.4) is 0 Å². The van der Waals surface area contributed by atoms with Gasteiger partial charge in [0, 0.05) is 5.69 Å². The Labute approximate surface area is 115 Å². The number of hydrogen-bond acceptors (Lipinski definition) is 5. The molecule has 0 aliphatic rings. The van der Waals surface area contributed by atoms with Gasteiger partial charge in [-0.05, 0) is 24.6 Å². The maximum absolute atomic E-state index is 11.6. The molecule has 7 heteroatoms. The zero-order valence-corrected chi connectivity index (χ0v) is 11.1. The Bertz CT molecular complexity index is 526. The van der Waals surface area contributed by atoms with Gasteiger partial charge in [0.05, 0.1) is 12.7 Å².